The monoisotopic (exact) mass is 551 g/mol. The molecule has 0 saturated heterocycles. The van der Waals surface area contributed by atoms with Gasteiger partial charge in [0.25, 0.3) is 0 Å². The minimum Gasteiger partial charge on any atom is -0.455 e. The van der Waals surface area contributed by atoms with Crippen LogP contribution in [0, 0.1) is 0 Å². The zero-order chi connectivity index (χ0) is 28.3. The van der Waals surface area contributed by atoms with E-state index in [1.165, 1.54) is 10.9 Å². The Morgan fingerprint density at radius 2 is 0.907 bits per heavy atom. The molecule has 0 saturated carbocycles. The lowest BCUT2D eigenvalue weighted by atomic mass is 9.95. The summed E-state index contributed by atoms with van der Waals surface area (Å²) in [6.07, 6.45) is 0. The highest BCUT2D eigenvalue weighted by molar-refractivity contribution is 6.19. The van der Waals surface area contributed by atoms with Gasteiger partial charge in [-0.05, 0) is 65.0 Å². The molecule has 2 aromatic heterocycles. The van der Waals surface area contributed by atoms with Crippen LogP contribution in [0.2, 0.25) is 0 Å². The molecule has 0 spiro atoms. The highest BCUT2D eigenvalue weighted by Gasteiger charge is 2.20. The van der Waals surface area contributed by atoms with Crippen LogP contribution in [-0.2, 0) is 0 Å². The predicted octanol–water partition coefficient (Wildman–Crippen LogP) is 11.8. The summed E-state index contributed by atoms with van der Waals surface area (Å²) in [6, 6.07) is 53.0. The van der Waals surface area contributed by atoms with Crippen LogP contribution in [0.15, 0.2) is 160 Å². The largest absolute Gasteiger partial charge is 0.455 e. The minimum absolute atomic E-state index is 0.875. The number of fused-ring (bicyclic) bond motifs is 8. The van der Waals surface area contributed by atoms with E-state index in [-0.39, 0.29) is 0 Å². The Morgan fingerprint density at radius 1 is 0.372 bits per heavy atom. The van der Waals surface area contributed by atoms with Crippen molar-refractivity contribution in [2.45, 2.75) is 0 Å². The zero-order valence-corrected chi connectivity index (χ0v) is 23.2. The molecule has 0 bridgehead atoms. The van der Waals surface area contributed by atoms with E-state index in [1.54, 1.807) is 0 Å². The summed E-state index contributed by atoms with van der Waals surface area (Å²) in [4.78, 5) is 2.28. The van der Waals surface area contributed by atoms with E-state index in [0.717, 1.165) is 71.9 Å². The van der Waals surface area contributed by atoms with Crippen LogP contribution >= 0.6 is 0 Å². The number of nitrogens with zero attached hydrogens (tertiary/aromatic N) is 1. The first-order valence-corrected chi connectivity index (χ1v) is 14.5. The number of benzene rings is 7. The highest BCUT2D eigenvalue weighted by Crippen LogP contribution is 2.44. The number of anilines is 3. The molecule has 202 valence electrons. The maximum Gasteiger partial charge on any atom is 0.159 e. The predicted molar refractivity (Wildman–Crippen MR) is 179 cm³/mol. The Hall–Kier alpha value is -5.80. The molecule has 7 aromatic carbocycles. The standard InChI is InChI=1S/C40H25NO2/c1-2-11-27(12-3-1)41(36-18-10-17-33-30-14-6-8-19-37(30)43-40(33)36)28-23-21-26(22-24-28)34-25-35-31-15-7-9-20-38(31)42-39(35)32-16-5-4-13-29(32)34/h1-25H. The Balaban J connectivity index is 1.23. The van der Waals surface area contributed by atoms with Crippen molar-refractivity contribution in [1.82, 2.24) is 0 Å². The van der Waals surface area contributed by atoms with Gasteiger partial charge in [-0.1, -0.05) is 103 Å². The average molecular weight is 552 g/mol. The van der Waals surface area contributed by atoms with E-state index >= 15 is 0 Å². The summed E-state index contributed by atoms with van der Waals surface area (Å²) < 4.78 is 12.8. The van der Waals surface area contributed by atoms with Gasteiger partial charge in [-0.2, -0.15) is 0 Å². The van der Waals surface area contributed by atoms with E-state index in [2.05, 4.69) is 126 Å². The molecule has 43 heavy (non-hydrogen) atoms. The summed E-state index contributed by atoms with van der Waals surface area (Å²) in [5.41, 5.74) is 9.09. The van der Waals surface area contributed by atoms with Gasteiger partial charge >= 0.3 is 0 Å². The lowest BCUT2D eigenvalue weighted by molar-refractivity contribution is 0.669. The molecule has 0 amide bonds. The van der Waals surface area contributed by atoms with Crippen LogP contribution < -0.4 is 4.90 Å². The second-order valence-electron chi connectivity index (χ2n) is 10.9. The normalized spacial score (nSPS) is 11.7. The van der Waals surface area contributed by atoms with Crippen molar-refractivity contribution in [1.29, 1.82) is 0 Å². The summed E-state index contributed by atoms with van der Waals surface area (Å²) in [7, 11) is 0. The summed E-state index contributed by atoms with van der Waals surface area (Å²) in [5.74, 6) is 0. The van der Waals surface area contributed by atoms with Gasteiger partial charge in [-0.15, -0.1) is 0 Å². The Morgan fingerprint density at radius 3 is 1.65 bits per heavy atom. The number of rotatable bonds is 4. The van der Waals surface area contributed by atoms with E-state index in [0.29, 0.717) is 0 Å². The van der Waals surface area contributed by atoms with E-state index in [1.807, 2.05) is 30.3 Å². The Kier molecular flexibility index (Phi) is 5.20. The molecule has 9 rings (SSSR count). The van der Waals surface area contributed by atoms with Crippen molar-refractivity contribution in [3.63, 3.8) is 0 Å². The quantitative estimate of drug-likeness (QED) is 0.218. The molecule has 0 unspecified atom stereocenters. The molecule has 0 aliphatic carbocycles. The third kappa shape index (κ3) is 3.68. The smallest absolute Gasteiger partial charge is 0.159 e. The van der Waals surface area contributed by atoms with Crippen LogP contribution in [-0.4, -0.2) is 0 Å². The number of hydrogen-bond acceptors (Lipinski definition) is 3. The van der Waals surface area contributed by atoms with Crippen LogP contribution in [0.25, 0.3) is 65.8 Å². The lowest BCUT2D eigenvalue weighted by Gasteiger charge is -2.25. The van der Waals surface area contributed by atoms with Crippen LogP contribution in [0.4, 0.5) is 17.1 Å². The first kappa shape index (κ1) is 23.9. The van der Waals surface area contributed by atoms with Gasteiger partial charge in [0.05, 0.1) is 5.69 Å². The minimum atomic E-state index is 0.875. The summed E-state index contributed by atoms with van der Waals surface area (Å²) in [5, 5.41) is 6.80. The van der Waals surface area contributed by atoms with Gasteiger partial charge in [0.1, 0.15) is 16.7 Å². The molecule has 0 aliphatic rings. The SMILES string of the molecule is c1ccc(N(c2ccc(-c3cc4c5ccccc5oc4c4ccccc34)cc2)c2cccc3c2oc2ccccc23)cc1. The summed E-state index contributed by atoms with van der Waals surface area (Å²) >= 11 is 0. The fraction of sp³-hybridized carbons (Fsp3) is 0. The maximum absolute atomic E-state index is 6.47. The van der Waals surface area contributed by atoms with Crippen molar-refractivity contribution in [2.75, 3.05) is 4.90 Å². The molecule has 3 nitrogen and oxygen atoms in total. The Labute approximate surface area is 247 Å². The molecule has 2 heterocycles. The highest BCUT2D eigenvalue weighted by atomic mass is 16.3. The van der Waals surface area contributed by atoms with Crippen molar-refractivity contribution in [2.24, 2.45) is 0 Å². The van der Waals surface area contributed by atoms with Crippen molar-refractivity contribution in [3.8, 4) is 11.1 Å². The molecule has 0 atom stereocenters. The number of furan rings is 2. The van der Waals surface area contributed by atoms with Crippen molar-refractivity contribution >= 4 is 71.7 Å². The maximum atomic E-state index is 6.47. The van der Waals surface area contributed by atoms with E-state index in [9.17, 15) is 0 Å². The van der Waals surface area contributed by atoms with Crippen molar-refractivity contribution < 1.29 is 8.83 Å². The molecule has 0 fully saturated rings. The fourth-order valence-electron chi connectivity index (χ4n) is 6.49. The second-order valence-corrected chi connectivity index (χ2v) is 10.9. The molecular formula is C40H25NO2. The fourth-order valence-corrected chi connectivity index (χ4v) is 6.49. The zero-order valence-electron chi connectivity index (χ0n) is 23.2. The van der Waals surface area contributed by atoms with Crippen molar-refractivity contribution in [3.05, 3.63) is 152 Å². The first-order valence-electron chi connectivity index (χ1n) is 14.5. The van der Waals surface area contributed by atoms with E-state index in [4.69, 9.17) is 8.83 Å². The lowest BCUT2D eigenvalue weighted by Crippen LogP contribution is -2.10. The third-order valence-corrected chi connectivity index (χ3v) is 8.46. The van der Waals surface area contributed by atoms with Gasteiger partial charge in [-0.25, -0.2) is 0 Å². The van der Waals surface area contributed by atoms with Crippen LogP contribution in [0.1, 0.15) is 0 Å². The first-order chi connectivity index (χ1) is 21.3. The van der Waals surface area contributed by atoms with Crippen LogP contribution in [0.5, 0.6) is 0 Å². The van der Waals surface area contributed by atoms with Gasteiger partial charge < -0.3 is 13.7 Å². The second kappa shape index (κ2) is 9.37. The van der Waals surface area contributed by atoms with Gasteiger partial charge in [-0.3, -0.25) is 0 Å². The molecule has 3 heteroatoms. The number of para-hydroxylation sites is 4. The molecule has 0 N–H and O–H groups in total. The molecule has 0 radical (unpaired) electrons. The topological polar surface area (TPSA) is 29.5 Å². The van der Waals surface area contributed by atoms with Gasteiger partial charge in [0.15, 0.2) is 5.58 Å². The van der Waals surface area contributed by atoms with Crippen LogP contribution in [0.3, 0.4) is 0 Å². The van der Waals surface area contributed by atoms with Gasteiger partial charge in [0, 0.05) is 38.3 Å². The Bertz CT molecular complexity index is 2450. The number of hydrogen-bond donors (Lipinski definition) is 0. The molecule has 9 aromatic rings. The summed E-state index contributed by atoms with van der Waals surface area (Å²) in [6.45, 7) is 0. The third-order valence-electron chi connectivity index (χ3n) is 8.46. The molecule has 0 aliphatic heterocycles. The van der Waals surface area contributed by atoms with E-state index < -0.39 is 0 Å². The average Bonchev–Trinajstić information content (AvgIpc) is 3.65. The van der Waals surface area contributed by atoms with Gasteiger partial charge in [0.2, 0.25) is 0 Å². The molecular weight excluding hydrogens is 526 g/mol.